The Bertz CT molecular complexity index is 973. The van der Waals surface area contributed by atoms with Gasteiger partial charge in [-0.3, -0.25) is 9.59 Å². The summed E-state index contributed by atoms with van der Waals surface area (Å²) in [6.45, 7) is 2.94. The van der Waals surface area contributed by atoms with Crippen molar-refractivity contribution in [2.75, 3.05) is 18.0 Å². The van der Waals surface area contributed by atoms with Gasteiger partial charge in [-0.15, -0.1) is 0 Å². The first-order chi connectivity index (χ1) is 13.3. The smallest absolute Gasteiger partial charge is 0.269 e. The summed E-state index contributed by atoms with van der Waals surface area (Å²) < 4.78 is 0. The van der Waals surface area contributed by atoms with Gasteiger partial charge in [0.2, 0.25) is 5.91 Å². The molecule has 28 heavy (non-hydrogen) atoms. The van der Waals surface area contributed by atoms with Gasteiger partial charge in [-0.2, -0.15) is 5.26 Å². The lowest BCUT2D eigenvalue weighted by atomic mass is 10.0. The Morgan fingerprint density at radius 1 is 1.32 bits per heavy atom. The molecule has 0 saturated carbocycles. The molecule has 1 saturated heterocycles. The van der Waals surface area contributed by atoms with E-state index in [1.165, 1.54) is 6.07 Å². The number of piperidine rings is 1. The molecule has 0 radical (unpaired) electrons. The molecule has 10 heteroatoms. The van der Waals surface area contributed by atoms with E-state index < -0.39 is 5.91 Å². The predicted octanol–water partition coefficient (Wildman–Crippen LogP) is 2.39. The van der Waals surface area contributed by atoms with Crippen molar-refractivity contribution in [2.45, 2.75) is 25.8 Å². The Labute approximate surface area is 171 Å². The molecular formula is C18H18Cl2N6O2. The van der Waals surface area contributed by atoms with Gasteiger partial charge in [-0.25, -0.2) is 4.98 Å². The Morgan fingerprint density at radius 3 is 2.54 bits per heavy atom. The molecule has 3 rings (SSSR count). The molecule has 2 amide bonds. The van der Waals surface area contributed by atoms with E-state index in [2.05, 4.69) is 15.3 Å². The summed E-state index contributed by atoms with van der Waals surface area (Å²) in [5, 5.41) is 12.6. The van der Waals surface area contributed by atoms with Crippen molar-refractivity contribution in [2.24, 2.45) is 5.73 Å². The number of nitrogens with one attached hydrogen (secondary N) is 2. The van der Waals surface area contributed by atoms with Gasteiger partial charge >= 0.3 is 0 Å². The second-order valence-corrected chi connectivity index (χ2v) is 7.32. The predicted molar refractivity (Wildman–Crippen MR) is 106 cm³/mol. The first kappa shape index (κ1) is 20.0. The van der Waals surface area contributed by atoms with E-state index >= 15 is 0 Å². The topological polar surface area (TPSA) is 128 Å². The fraction of sp³-hybridized carbons (Fsp3) is 0.333. The van der Waals surface area contributed by atoms with E-state index in [1.54, 1.807) is 13.0 Å². The maximum atomic E-state index is 12.5. The molecule has 2 aromatic rings. The molecule has 0 aromatic carbocycles. The minimum atomic E-state index is -0.612. The fourth-order valence-corrected chi connectivity index (χ4v) is 3.53. The van der Waals surface area contributed by atoms with E-state index in [1.807, 2.05) is 11.0 Å². The monoisotopic (exact) mass is 420 g/mol. The van der Waals surface area contributed by atoms with Crippen molar-refractivity contribution in [3.8, 4) is 6.07 Å². The molecule has 1 aliphatic rings. The molecule has 1 fully saturated rings. The number of carbonyl (C=O) groups is 2. The SMILES string of the molecule is Cc1[nH]c(C(=O)NC2CCN(c3cc(C(N)=O)cc(C#N)n3)CC2)c(Cl)c1Cl. The second-order valence-electron chi connectivity index (χ2n) is 6.56. The van der Waals surface area contributed by atoms with Gasteiger partial charge < -0.3 is 20.9 Å². The van der Waals surface area contributed by atoms with Gasteiger partial charge in [0.1, 0.15) is 23.3 Å². The van der Waals surface area contributed by atoms with Crippen molar-refractivity contribution in [1.29, 1.82) is 5.26 Å². The van der Waals surface area contributed by atoms with Crippen LogP contribution in [-0.4, -0.2) is 40.9 Å². The van der Waals surface area contributed by atoms with Crippen LogP contribution in [0.5, 0.6) is 0 Å². The average Bonchev–Trinajstić information content (AvgIpc) is 2.95. The molecule has 4 N–H and O–H groups in total. The number of amides is 2. The minimum absolute atomic E-state index is 0.0445. The first-order valence-electron chi connectivity index (χ1n) is 8.61. The van der Waals surface area contributed by atoms with Crippen molar-refractivity contribution in [1.82, 2.24) is 15.3 Å². The zero-order valence-corrected chi connectivity index (χ0v) is 16.6. The molecule has 0 atom stereocenters. The summed E-state index contributed by atoms with van der Waals surface area (Å²) in [6, 6.07) is 4.83. The number of rotatable bonds is 4. The van der Waals surface area contributed by atoms with Crippen LogP contribution in [0, 0.1) is 18.3 Å². The summed E-state index contributed by atoms with van der Waals surface area (Å²) in [6.07, 6.45) is 1.34. The molecule has 0 spiro atoms. The lowest BCUT2D eigenvalue weighted by Gasteiger charge is -2.33. The maximum absolute atomic E-state index is 12.5. The largest absolute Gasteiger partial charge is 0.366 e. The number of nitrogens with zero attached hydrogens (tertiary/aromatic N) is 3. The van der Waals surface area contributed by atoms with Crippen LogP contribution in [0.25, 0.3) is 0 Å². The van der Waals surface area contributed by atoms with Crippen LogP contribution in [0.1, 0.15) is 45.1 Å². The number of halogens is 2. The van der Waals surface area contributed by atoms with Crippen molar-refractivity contribution in [3.05, 3.63) is 44.8 Å². The number of anilines is 1. The molecule has 8 nitrogen and oxygen atoms in total. The standard InChI is InChI=1S/C18H18Cl2N6O2/c1-9-14(19)15(20)16(23-9)18(28)25-11-2-4-26(5-3-11)13-7-10(17(22)27)6-12(8-21)24-13/h6-7,11,23H,2-5H2,1H3,(H2,22,27)(H,25,28). The van der Waals surface area contributed by atoms with Crippen LogP contribution < -0.4 is 16.0 Å². The lowest BCUT2D eigenvalue weighted by Crippen LogP contribution is -2.45. The lowest BCUT2D eigenvalue weighted by molar-refractivity contribution is 0.0925. The quantitative estimate of drug-likeness (QED) is 0.699. The van der Waals surface area contributed by atoms with Crippen molar-refractivity contribution in [3.63, 3.8) is 0 Å². The number of aryl methyl sites for hydroxylation is 1. The Balaban J connectivity index is 1.65. The van der Waals surface area contributed by atoms with E-state index in [-0.39, 0.29) is 33.9 Å². The number of nitrogens with two attached hydrogens (primary N) is 1. The number of pyridine rings is 1. The van der Waals surface area contributed by atoms with Gasteiger partial charge in [0.25, 0.3) is 5.91 Å². The maximum Gasteiger partial charge on any atom is 0.269 e. The number of carbonyl (C=O) groups excluding carboxylic acids is 2. The number of primary amides is 1. The number of hydrogen-bond acceptors (Lipinski definition) is 5. The van der Waals surface area contributed by atoms with E-state index in [0.29, 0.717) is 42.5 Å². The zero-order chi connectivity index (χ0) is 20.4. The van der Waals surface area contributed by atoms with E-state index in [0.717, 1.165) is 0 Å². The second kappa shape index (κ2) is 8.09. The molecule has 1 aliphatic heterocycles. The number of hydrogen-bond donors (Lipinski definition) is 3. The normalized spacial score (nSPS) is 14.6. The molecule has 2 aromatic heterocycles. The molecule has 0 unspecified atom stereocenters. The minimum Gasteiger partial charge on any atom is -0.366 e. The fourth-order valence-electron chi connectivity index (χ4n) is 3.12. The highest BCUT2D eigenvalue weighted by Crippen LogP contribution is 2.29. The summed E-state index contributed by atoms with van der Waals surface area (Å²) in [4.78, 5) is 33.0. The Kier molecular flexibility index (Phi) is 5.77. The van der Waals surface area contributed by atoms with Crippen LogP contribution in [-0.2, 0) is 0 Å². The van der Waals surface area contributed by atoms with Gasteiger partial charge in [-0.05, 0) is 31.9 Å². The Hall–Kier alpha value is -2.76. The van der Waals surface area contributed by atoms with E-state index in [4.69, 9.17) is 34.2 Å². The summed E-state index contributed by atoms with van der Waals surface area (Å²) in [5.41, 5.74) is 6.59. The zero-order valence-electron chi connectivity index (χ0n) is 15.1. The number of aromatic amines is 1. The highest BCUT2D eigenvalue weighted by molar-refractivity contribution is 6.44. The van der Waals surface area contributed by atoms with Gasteiger partial charge in [0, 0.05) is 30.4 Å². The third-order valence-electron chi connectivity index (χ3n) is 4.65. The molecule has 3 heterocycles. The third-order valence-corrected chi connectivity index (χ3v) is 5.59. The summed E-state index contributed by atoms with van der Waals surface area (Å²) >= 11 is 12.1. The highest BCUT2D eigenvalue weighted by atomic mass is 35.5. The average molecular weight is 421 g/mol. The van der Waals surface area contributed by atoms with E-state index in [9.17, 15) is 9.59 Å². The van der Waals surface area contributed by atoms with Crippen LogP contribution in [0.15, 0.2) is 12.1 Å². The molecule has 0 aliphatic carbocycles. The summed E-state index contributed by atoms with van der Waals surface area (Å²) in [7, 11) is 0. The molecule has 146 valence electrons. The van der Waals surface area contributed by atoms with Crippen LogP contribution in [0.4, 0.5) is 5.82 Å². The van der Waals surface area contributed by atoms with Crippen molar-refractivity contribution >= 4 is 40.8 Å². The van der Waals surface area contributed by atoms with Crippen LogP contribution >= 0.6 is 23.2 Å². The number of aromatic nitrogens is 2. The third kappa shape index (κ3) is 4.06. The van der Waals surface area contributed by atoms with Crippen LogP contribution in [0.3, 0.4) is 0 Å². The molecule has 0 bridgehead atoms. The number of nitriles is 1. The highest BCUT2D eigenvalue weighted by Gasteiger charge is 2.25. The van der Waals surface area contributed by atoms with Crippen LogP contribution in [0.2, 0.25) is 10.0 Å². The summed E-state index contributed by atoms with van der Waals surface area (Å²) in [5.74, 6) is -0.398. The Morgan fingerprint density at radius 2 is 2.00 bits per heavy atom. The first-order valence-corrected chi connectivity index (χ1v) is 9.37. The van der Waals surface area contributed by atoms with Gasteiger partial charge in [0.15, 0.2) is 0 Å². The number of H-pyrrole nitrogens is 1. The molecular weight excluding hydrogens is 403 g/mol. The van der Waals surface area contributed by atoms with Gasteiger partial charge in [-0.1, -0.05) is 23.2 Å². The van der Waals surface area contributed by atoms with Crippen molar-refractivity contribution < 1.29 is 9.59 Å². The van der Waals surface area contributed by atoms with Gasteiger partial charge in [0.05, 0.1) is 10.0 Å².